The van der Waals surface area contributed by atoms with E-state index in [1.807, 2.05) is 60.7 Å². The number of carboxylic acid groups (broad SMARTS) is 1. The van der Waals surface area contributed by atoms with E-state index in [0.717, 1.165) is 22.4 Å². The first-order valence-electron chi connectivity index (χ1n) is 8.20. The number of hydrogen-bond donors (Lipinski definition) is 1. The number of ether oxygens (including phenoxy) is 1. The highest BCUT2D eigenvalue weighted by Gasteiger charge is 2.04. The Morgan fingerprint density at radius 2 is 1.68 bits per heavy atom. The van der Waals surface area contributed by atoms with E-state index in [2.05, 4.69) is 19.1 Å². The molecule has 0 unspecified atom stereocenters. The summed E-state index contributed by atoms with van der Waals surface area (Å²) in [6.45, 7) is 2.62. The van der Waals surface area contributed by atoms with Gasteiger partial charge >= 0.3 is 5.97 Å². The predicted octanol–water partition coefficient (Wildman–Crippen LogP) is 4.87. The highest BCUT2D eigenvalue weighted by atomic mass is 16.5. The van der Waals surface area contributed by atoms with Crippen molar-refractivity contribution in [1.29, 1.82) is 0 Å². The molecule has 0 amide bonds. The lowest BCUT2D eigenvalue weighted by molar-refractivity contribution is -0.136. The number of rotatable bonds is 6. The number of hydrogen-bond acceptors (Lipinski definition) is 2. The lowest BCUT2D eigenvalue weighted by atomic mass is 10.0. The first kappa shape index (κ1) is 16.8. The lowest BCUT2D eigenvalue weighted by Crippen LogP contribution is -1.99. The maximum Gasteiger partial charge on any atom is 0.307 e. The third-order valence-electron chi connectivity index (χ3n) is 4.13. The summed E-state index contributed by atoms with van der Waals surface area (Å²) >= 11 is 0. The van der Waals surface area contributed by atoms with Gasteiger partial charge in [0.25, 0.3) is 0 Å². The molecule has 0 aromatic heterocycles. The Bertz CT molecular complexity index is 866. The molecule has 3 aromatic rings. The van der Waals surface area contributed by atoms with Crippen LogP contribution in [-0.4, -0.2) is 11.1 Å². The minimum atomic E-state index is -0.822. The average molecular weight is 332 g/mol. The van der Waals surface area contributed by atoms with Crippen LogP contribution in [0.3, 0.4) is 0 Å². The van der Waals surface area contributed by atoms with E-state index in [-0.39, 0.29) is 6.42 Å². The zero-order valence-corrected chi connectivity index (χ0v) is 14.1. The van der Waals surface area contributed by atoms with Gasteiger partial charge in [-0.2, -0.15) is 0 Å². The summed E-state index contributed by atoms with van der Waals surface area (Å²) in [6.07, 6.45) is 0.0332. The Morgan fingerprint density at radius 1 is 0.920 bits per heavy atom. The summed E-state index contributed by atoms with van der Waals surface area (Å²) in [5.74, 6) is -0.00852. The smallest absolute Gasteiger partial charge is 0.307 e. The van der Waals surface area contributed by atoms with E-state index in [0.29, 0.717) is 6.61 Å². The Morgan fingerprint density at radius 3 is 2.40 bits per heavy atom. The second-order valence-electron chi connectivity index (χ2n) is 6.01. The Kier molecular flexibility index (Phi) is 5.14. The van der Waals surface area contributed by atoms with E-state index < -0.39 is 5.97 Å². The molecular formula is C22H20O3. The molecule has 3 rings (SSSR count). The molecular weight excluding hydrogens is 312 g/mol. The van der Waals surface area contributed by atoms with Gasteiger partial charge in [-0.3, -0.25) is 4.79 Å². The van der Waals surface area contributed by atoms with Crippen molar-refractivity contribution in [2.24, 2.45) is 0 Å². The highest BCUT2D eigenvalue weighted by molar-refractivity contribution is 5.72. The van der Waals surface area contributed by atoms with E-state index >= 15 is 0 Å². The van der Waals surface area contributed by atoms with Crippen LogP contribution in [0.2, 0.25) is 0 Å². The summed E-state index contributed by atoms with van der Waals surface area (Å²) in [4.78, 5) is 10.9. The van der Waals surface area contributed by atoms with Crippen LogP contribution in [0.15, 0.2) is 72.8 Å². The zero-order valence-electron chi connectivity index (χ0n) is 14.1. The largest absolute Gasteiger partial charge is 0.489 e. The van der Waals surface area contributed by atoms with Crippen LogP contribution >= 0.6 is 0 Å². The van der Waals surface area contributed by atoms with Gasteiger partial charge in [-0.1, -0.05) is 60.7 Å². The predicted molar refractivity (Wildman–Crippen MR) is 98.7 cm³/mol. The Balaban J connectivity index is 1.70. The number of aliphatic carboxylic acids is 1. The number of carbonyl (C=O) groups is 1. The fourth-order valence-electron chi connectivity index (χ4n) is 2.71. The summed E-state index contributed by atoms with van der Waals surface area (Å²) < 4.78 is 5.86. The topological polar surface area (TPSA) is 46.5 Å². The van der Waals surface area contributed by atoms with Crippen LogP contribution in [0.1, 0.15) is 16.7 Å². The van der Waals surface area contributed by atoms with Crippen LogP contribution in [-0.2, 0) is 17.8 Å². The van der Waals surface area contributed by atoms with Gasteiger partial charge < -0.3 is 9.84 Å². The molecule has 3 nitrogen and oxygen atoms in total. The van der Waals surface area contributed by atoms with Gasteiger partial charge in [0, 0.05) is 0 Å². The van der Waals surface area contributed by atoms with E-state index in [1.165, 1.54) is 11.1 Å². The van der Waals surface area contributed by atoms with E-state index in [4.69, 9.17) is 9.84 Å². The van der Waals surface area contributed by atoms with Crippen molar-refractivity contribution >= 4 is 5.97 Å². The summed E-state index contributed by atoms with van der Waals surface area (Å²) in [5.41, 5.74) is 5.23. The van der Waals surface area contributed by atoms with Crippen molar-refractivity contribution < 1.29 is 14.6 Å². The van der Waals surface area contributed by atoms with Crippen LogP contribution in [0.4, 0.5) is 0 Å². The molecule has 0 atom stereocenters. The maximum atomic E-state index is 10.9. The summed E-state index contributed by atoms with van der Waals surface area (Å²) in [7, 11) is 0. The summed E-state index contributed by atoms with van der Waals surface area (Å²) in [5, 5.41) is 8.92. The van der Waals surface area contributed by atoms with Gasteiger partial charge in [0.2, 0.25) is 0 Å². The van der Waals surface area contributed by atoms with E-state index in [9.17, 15) is 4.79 Å². The molecule has 0 heterocycles. The fraction of sp³-hybridized carbons (Fsp3) is 0.136. The van der Waals surface area contributed by atoms with E-state index in [1.54, 1.807) is 0 Å². The molecule has 0 saturated heterocycles. The van der Waals surface area contributed by atoms with Crippen molar-refractivity contribution in [3.05, 3.63) is 89.5 Å². The molecule has 0 saturated carbocycles. The SMILES string of the molecule is Cc1ccccc1COc1ccc(-c2cccc(CC(=O)O)c2)cc1. The molecule has 0 radical (unpaired) electrons. The van der Waals surface area contributed by atoms with Crippen molar-refractivity contribution in [3.63, 3.8) is 0 Å². The van der Waals surface area contributed by atoms with Gasteiger partial charge in [0.15, 0.2) is 0 Å². The standard InChI is InChI=1S/C22H20O3/c1-16-5-2-3-7-20(16)15-25-21-11-9-18(10-12-21)19-8-4-6-17(13-19)14-22(23)24/h2-13H,14-15H2,1H3,(H,23,24). The molecule has 0 aliphatic rings. The first-order valence-corrected chi connectivity index (χ1v) is 8.20. The van der Waals surface area contributed by atoms with Crippen LogP contribution in [0.5, 0.6) is 5.75 Å². The van der Waals surface area contributed by atoms with Gasteiger partial charge in [0.05, 0.1) is 6.42 Å². The van der Waals surface area contributed by atoms with Crippen LogP contribution < -0.4 is 4.74 Å². The van der Waals surface area contributed by atoms with Crippen LogP contribution in [0, 0.1) is 6.92 Å². The molecule has 0 spiro atoms. The Hall–Kier alpha value is -3.07. The molecule has 3 aromatic carbocycles. The van der Waals surface area contributed by atoms with Gasteiger partial charge in [-0.25, -0.2) is 0 Å². The lowest BCUT2D eigenvalue weighted by Gasteiger charge is -2.10. The average Bonchev–Trinajstić information content (AvgIpc) is 2.61. The minimum absolute atomic E-state index is 0.0332. The molecule has 0 aliphatic heterocycles. The monoisotopic (exact) mass is 332 g/mol. The fourth-order valence-corrected chi connectivity index (χ4v) is 2.71. The normalized spacial score (nSPS) is 10.4. The zero-order chi connectivity index (χ0) is 17.6. The highest BCUT2D eigenvalue weighted by Crippen LogP contribution is 2.24. The van der Waals surface area contributed by atoms with Gasteiger partial charge in [-0.05, 0) is 46.9 Å². The third-order valence-corrected chi connectivity index (χ3v) is 4.13. The molecule has 0 fully saturated rings. The number of aryl methyl sites for hydroxylation is 1. The minimum Gasteiger partial charge on any atom is -0.489 e. The molecule has 0 bridgehead atoms. The second kappa shape index (κ2) is 7.67. The van der Waals surface area contributed by atoms with Crippen LogP contribution in [0.25, 0.3) is 11.1 Å². The van der Waals surface area contributed by atoms with Crippen molar-refractivity contribution in [3.8, 4) is 16.9 Å². The summed E-state index contributed by atoms with van der Waals surface area (Å²) in [6, 6.07) is 23.7. The number of carboxylic acids is 1. The van der Waals surface area contributed by atoms with Gasteiger partial charge in [-0.15, -0.1) is 0 Å². The molecule has 3 heteroatoms. The van der Waals surface area contributed by atoms with Crippen molar-refractivity contribution in [2.45, 2.75) is 20.0 Å². The second-order valence-corrected chi connectivity index (χ2v) is 6.01. The van der Waals surface area contributed by atoms with Gasteiger partial charge in [0.1, 0.15) is 12.4 Å². The quantitative estimate of drug-likeness (QED) is 0.700. The number of benzene rings is 3. The van der Waals surface area contributed by atoms with Crippen molar-refractivity contribution in [1.82, 2.24) is 0 Å². The molecule has 25 heavy (non-hydrogen) atoms. The third kappa shape index (κ3) is 4.48. The van der Waals surface area contributed by atoms with Crippen molar-refractivity contribution in [2.75, 3.05) is 0 Å². The molecule has 1 N–H and O–H groups in total. The first-order chi connectivity index (χ1) is 12.1. The maximum absolute atomic E-state index is 10.9. The Labute approximate surface area is 147 Å². The molecule has 126 valence electrons. The molecule has 0 aliphatic carbocycles.